The molecule has 0 spiro atoms. The summed E-state index contributed by atoms with van der Waals surface area (Å²) in [7, 11) is 0. The summed E-state index contributed by atoms with van der Waals surface area (Å²) in [4.78, 5) is 35.9. The van der Waals surface area contributed by atoms with E-state index in [-0.39, 0.29) is 11.8 Å². The zero-order valence-corrected chi connectivity index (χ0v) is 26.1. The number of morpholine rings is 2. The minimum Gasteiger partial charge on any atom is -0.397 e. The molecule has 2 aliphatic heterocycles. The molecule has 45 heavy (non-hydrogen) atoms. The minimum atomic E-state index is -0.0571. The van der Waals surface area contributed by atoms with Gasteiger partial charge in [0, 0.05) is 38.4 Å². The molecule has 2 amide bonds. The quantitative estimate of drug-likeness (QED) is 0.322. The van der Waals surface area contributed by atoms with Crippen molar-refractivity contribution in [3.05, 3.63) is 87.6 Å². The lowest BCUT2D eigenvalue weighted by Gasteiger charge is -2.26. The predicted octanol–water partition coefficient (Wildman–Crippen LogP) is 3.66. The molecule has 0 aliphatic carbocycles. The first-order chi connectivity index (χ1) is 21.8. The van der Waals surface area contributed by atoms with Crippen LogP contribution in [0.4, 0.5) is 17.3 Å². The molecule has 0 aromatic carbocycles. The van der Waals surface area contributed by atoms with Crippen molar-refractivity contribution in [2.24, 2.45) is 0 Å². The molecule has 17 heteroatoms. The number of anilines is 3. The average Bonchev–Trinajstić information content (AvgIpc) is 3.06. The second kappa shape index (κ2) is 17.3. The van der Waals surface area contributed by atoms with E-state index in [2.05, 4.69) is 35.7 Å². The molecule has 0 bridgehead atoms. The maximum atomic E-state index is 12.3. The summed E-state index contributed by atoms with van der Waals surface area (Å²) in [5.41, 5.74) is 7.04. The second-order valence-corrected chi connectivity index (χ2v) is 10.6. The maximum Gasteiger partial charge on any atom is 0.272 e. The Morgan fingerprint density at radius 3 is 1.84 bits per heavy atom. The highest BCUT2D eigenvalue weighted by atomic mass is 35.5. The number of aromatic nitrogens is 6. The van der Waals surface area contributed by atoms with E-state index in [4.69, 9.17) is 50.0 Å². The van der Waals surface area contributed by atoms with Crippen molar-refractivity contribution in [2.45, 2.75) is 0 Å². The predicted molar refractivity (Wildman–Crippen MR) is 169 cm³/mol. The first-order valence-corrected chi connectivity index (χ1v) is 14.7. The van der Waals surface area contributed by atoms with Gasteiger partial charge in [-0.3, -0.25) is 9.59 Å². The third-order valence-electron chi connectivity index (χ3n) is 6.08. The molecule has 3 N–H and O–H groups in total. The Morgan fingerprint density at radius 1 is 0.711 bits per heavy atom. The van der Waals surface area contributed by atoms with E-state index in [9.17, 15) is 9.59 Å². The molecule has 0 radical (unpaired) electrons. The van der Waals surface area contributed by atoms with Gasteiger partial charge in [-0.05, 0) is 30.3 Å². The van der Waals surface area contributed by atoms with Crippen molar-refractivity contribution in [1.29, 1.82) is 0 Å². The highest BCUT2D eigenvalue weighted by Crippen LogP contribution is 2.16. The van der Waals surface area contributed by atoms with Gasteiger partial charge in [-0.1, -0.05) is 34.8 Å². The number of nitrogens with two attached hydrogens (primary N) is 1. The molecule has 2 saturated heterocycles. The number of rotatable bonds is 4. The highest BCUT2D eigenvalue weighted by molar-refractivity contribution is 6.33. The van der Waals surface area contributed by atoms with Crippen LogP contribution in [0.25, 0.3) is 0 Å². The van der Waals surface area contributed by atoms with Gasteiger partial charge in [-0.15, -0.1) is 10.2 Å². The number of hydrogen-bond acceptors (Lipinski definition) is 12. The van der Waals surface area contributed by atoms with Crippen LogP contribution >= 0.6 is 34.8 Å². The zero-order valence-electron chi connectivity index (χ0n) is 23.9. The third kappa shape index (κ3) is 11.0. The molecule has 6 rings (SSSR count). The van der Waals surface area contributed by atoms with Crippen LogP contribution in [-0.2, 0) is 9.47 Å². The van der Waals surface area contributed by atoms with Crippen LogP contribution in [0.5, 0.6) is 0 Å². The molecule has 0 unspecified atom stereocenters. The van der Waals surface area contributed by atoms with E-state index in [0.717, 1.165) is 0 Å². The van der Waals surface area contributed by atoms with Crippen molar-refractivity contribution in [2.75, 3.05) is 63.7 Å². The number of halogens is 3. The number of carbonyl (C=O) groups is 2. The summed E-state index contributed by atoms with van der Waals surface area (Å²) in [6.07, 6.45) is 5.91. The van der Waals surface area contributed by atoms with Crippen molar-refractivity contribution in [1.82, 2.24) is 40.2 Å². The summed E-state index contributed by atoms with van der Waals surface area (Å²) in [6, 6.07) is 9.94. The topological polar surface area (TPSA) is 174 Å². The number of nitrogen functional groups attached to an aromatic ring is 1. The van der Waals surface area contributed by atoms with Crippen molar-refractivity contribution in [3.8, 4) is 0 Å². The van der Waals surface area contributed by atoms with Crippen molar-refractivity contribution in [3.63, 3.8) is 0 Å². The van der Waals surface area contributed by atoms with Gasteiger partial charge >= 0.3 is 0 Å². The SMILES string of the molecule is Clc1cnnc(Cl)c1.Nc1ccc(C(=O)N2CCOCC2)nc1.O=C(c1ccc(Nc2cc(Cl)cnn2)nc1)N1CCOCC1. The molecule has 0 saturated carbocycles. The standard InChI is InChI=1S/C14H14ClN5O2.C10H13N3O2.C4H2Cl2N2/c15-11-7-13(19-17-9-11)18-12-2-1-10(8-16-12)14(21)20-3-5-22-6-4-20;11-8-1-2-9(12-7-8)10(14)13-3-5-15-6-4-13;5-3-1-4(6)8-7-2-3/h1-2,7-9H,3-6H2,(H,16,18,19);1-2,7H,3-6,11H2;1-2H. The van der Waals surface area contributed by atoms with Gasteiger partial charge in [0.2, 0.25) is 0 Å². The van der Waals surface area contributed by atoms with Gasteiger partial charge in [0.05, 0.1) is 66.3 Å². The fraction of sp³-hybridized carbons (Fsp3) is 0.286. The lowest BCUT2D eigenvalue weighted by atomic mass is 10.2. The maximum absolute atomic E-state index is 12.3. The largest absolute Gasteiger partial charge is 0.397 e. The Balaban J connectivity index is 0.000000172. The Labute approximate surface area is 273 Å². The van der Waals surface area contributed by atoms with Gasteiger partial charge in [-0.2, -0.15) is 10.2 Å². The Kier molecular flexibility index (Phi) is 13.0. The summed E-state index contributed by atoms with van der Waals surface area (Å²) in [6.45, 7) is 4.82. The number of nitrogens with one attached hydrogen (secondary N) is 1. The molecule has 14 nitrogen and oxygen atoms in total. The van der Waals surface area contributed by atoms with Crippen LogP contribution in [0.3, 0.4) is 0 Å². The van der Waals surface area contributed by atoms with Gasteiger partial charge in [0.15, 0.2) is 11.0 Å². The second-order valence-electron chi connectivity index (χ2n) is 9.30. The molecule has 4 aromatic rings. The molecule has 2 fully saturated rings. The van der Waals surface area contributed by atoms with Crippen LogP contribution in [0.2, 0.25) is 15.2 Å². The van der Waals surface area contributed by atoms with Crippen LogP contribution in [0.15, 0.2) is 61.2 Å². The lowest BCUT2D eigenvalue weighted by Crippen LogP contribution is -2.41. The van der Waals surface area contributed by atoms with E-state index >= 15 is 0 Å². The van der Waals surface area contributed by atoms with Crippen molar-refractivity contribution >= 4 is 63.9 Å². The Morgan fingerprint density at radius 2 is 1.33 bits per heavy atom. The monoisotopic (exact) mass is 674 g/mol. The Bertz CT molecular complexity index is 1520. The molecular formula is C28H29Cl3N10O4. The summed E-state index contributed by atoms with van der Waals surface area (Å²) in [5.74, 6) is 0.963. The molecule has 4 aromatic heterocycles. The zero-order chi connectivity index (χ0) is 32.0. The van der Waals surface area contributed by atoms with Gasteiger partial charge < -0.3 is 30.3 Å². The van der Waals surface area contributed by atoms with Crippen LogP contribution in [0, 0.1) is 0 Å². The number of nitrogens with zero attached hydrogens (tertiary/aromatic N) is 8. The summed E-state index contributed by atoms with van der Waals surface area (Å²) < 4.78 is 10.4. The normalized spacial score (nSPS) is 14.3. The van der Waals surface area contributed by atoms with Gasteiger partial charge in [0.1, 0.15) is 11.5 Å². The first-order valence-electron chi connectivity index (χ1n) is 13.6. The van der Waals surface area contributed by atoms with E-state index < -0.39 is 0 Å². The molecule has 6 heterocycles. The first kappa shape index (κ1) is 33.7. The summed E-state index contributed by atoms with van der Waals surface area (Å²) in [5, 5.41) is 18.9. The average molecular weight is 676 g/mol. The Hall–Kier alpha value is -4.21. The van der Waals surface area contributed by atoms with E-state index in [1.807, 2.05) is 0 Å². The van der Waals surface area contributed by atoms with E-state index in [1.165, 1.54) is 30.9 Å². The summed E-state index contributed by atoms with van der Waals surface area (Å²) >= 11 is 16.7. The number of hydrogen-bond donors (Lipinski definition) is 2. The fourth-order valence-electron chi connectivity index (χ4n) is 3.86. The van der Waals surface area contributed by atoms with Gasteiger partial charge in [0.25, 0.3) is 11.8 Å². The third-order valence-corrected chi connectivity index (χ3v) is 6.68. The van der Waals surface area contributed by atoms with E-state index in [0.29, 0.717) is 96.4 Å². The minimum absolute atomic E-state index is 0.0371. The smallest absolute Gasteiger partial charge is 0.272 e. The number of pyridine rings is 2. The van der Waals surface area contributed by atoms with Crippen LogP contribution < -0.4 is 11.1 Å². The van der Waals surface area contributed by atoms with Gasteiger partial charge in [-0.25, -0.2) is 9.97 Å². The molecular weight excluding hydrogens is 647 g/mol. The molecule has 0 atom stereocenters. The molecule has 2 aliphatic rings. The highest BCUT2D eigenvalue weighted by Gasteiger charge is 2.20. The number of carbonyl (C=O) groups excluding carboxylic acids is 2. The number of amides is 2. The lowest BCUT2D eigenvalue weighted by molar-refractivity contribution is 0.0298. The molecule has 236 valence electrons. The van der Waals surface area contributed by atoms with Crippen LogP contribution in [0.1, 0.15) is 20.8 Å². The fourth-order valence-corrected chi connectivity index (χ4v) is 4.37. The van der Waals surface area contributed by atoms with Crippen LogP contribution in [-0.4, -0.2) is 105 Å². The number of ether oxygens (including phenoxy) is 2. The van der Waals surface area contributed by atoms with Crippen molar-refractivity contribution < 1.29 is 19.1 Å². The van der Waals surface area contributed by atoms with E-state index in [1.54, 1.807) is 40.1 Å².